The van der Waals surface area contributed by atoms with Crippen molar-refractivity contribution in [3.63, 3.8) is 0 Å². The minimum atomic E-state index is -1.12. The molecule has 3 N–H and O–H groups in total. The quantitative estimate of drug-likeness (QED) is 0.730. The van der Waals surface area contributed by atoms with Crippen LogP contribution in [0.25, 0.3) is 0 Å². The molecule has 0 spiro atoms. The molecule has 0 saturated heterocycles. The number of carboxylic acids is 1. The average molecular weight is 282 g/mol. The van der Waals surface area contributed by atoms with E-state index in [4.69, 9.17) is 0 Å². The highest BCUT2D eigenvalue weighted by Gasteiger charge is 2.44. The second-order valence-electron chi connectivity index (χ2n) is 5.86. The molecule has 0 radical (unpaired) electrons. The third kappa shape index (κ3) is 3.15. The smallest absolute Gasteiger partial charge is 0.311 e. The van der Waals surface area contributed by atoms with E-state index in [9.17, 15) is 14.7 Å². The number of aromatic amines is 1. The van der Waals surface area contributed by atoms with Crippen LogP contribution in [0.1, 0.15) is 57.5 Å². The molecule has 0 saturated carbocycles. The summed E-state index contributed by atoms with van der Waals surface area (Å²) in [5.41, 5.74) is -2.06. The zero-order valence-electron chi connectivity index (χ0n) is 12.6. The number of carbonyl (C=O) groups excluding carboxylic acids is 1. The molecule has 1 amide bonds. The molecule has 0 aliphatic heterocycles. The summed E-state index contributed by atoms with van der Waals surface area (Å²) in [6.45, 7) is 8.46. The van der Waals surface area contributed by atoms with Crippen molar-refractivity contribution in [2.75, 3.05) is 0 Å². The number of hydrogen-bond donors (Lipinski definition) is 3. The van der Waals surface area contributed by atoms with Crippen LogP contribution in [-0.4, -0.2) is 37.7 Å². The Morgan fingerprint density at radius 2 is 1.90 bits per heavy atom. The predicted octanol–water partition coefficient (Wildman–Crippen LogP) is 1.38. The zero-order valence-corrected chi connectivity index (χ0v) is 12.6. The second kappa shape index (κ2) is 5.60. The van der Waals surface area contributed by atoms with Gasteiger partial charge in [-0.15, -0.1) is 5.10 Å². The van der Waals surface area contributed by atoms with Gasteiger partial charge in [0.15, 0.2) is 0 Å². The number of aromatic nitrogens is 3. The molecule has 1 heterocycles. The summed E-state index contributed by atoms with van der Waals surface area (Å²) >= 11 is 0. The Labute approximate surface area is 118 Å². The summed E-state index contributed by atoms with van der Waals surface area (Å²) in [6.07, 6.45) is 1.61. The fraction of sp³-hybridized carbons (Fsp3) is 0.692. The van der Waals surface area contributed by atoms with Gasteiger partial charge in [0.25, 0.3) is 5.91 Å². The Morgan fingerprint density at radius 1 is 1.30 bits per heavy atom. The first-order chi connectivity index (χ1) is 9.11. The molecule has 0 aromatic carbocycles. The van der Waals surface area contributed by atoms with Crippen molar-refractivity contribution in [3.8, 4) is 0 Å². The normalized spacial score (nSPS) is 12.2. The largest absolute Gasteiger partial charge is 0.481 e. The first-order valence-corrected chi connectivity index (χ1v) is 6.59. The van der Waals surface area contributed by atoms with Gasteiger partial charge in [0, 0.05) is 6.42 Å². The molecule has 0 aliphatic carbocycles. The Balaban J connectivity index is 2.86. The lowest BCUT2D eigenvalue weighted by atomic mass is 9.74. The highest BCUT2D eigenvalue weighted by atomic mass is 16.4. The summed E-state index contributed by atoms with van der Waals surface area (Å²) in [4.78, 5) is 27.5. The van der Waals surface area contributed by atoms with Gasteiger partial charge in [0.1, 0.15) is 5.82 Å². The molecule has 7 heteroatoms. The lowest BCUT2D eigenvalue weighted by molar-refractivity contribution is -0.150. The lowest BCUT2D eigenvalue weighted by Crippen LogP contribution is -2.57. The van der Waals surface area contributed by atoms with Crippen LogP contribution in [0.4, 0.5) is 0 Å². The van der Waals surface area contributed by atoms with Crippen LogP contribution in [0.5, 0.6) is 0 Å². The van der Waals surface area contributed by atoms with E-state index in [0.717, 1.165) is 6.42 Å². The Morgan fingerprint density at radius 3 is 2.40 bits per heavy atom. The highest BCUT2D eigenvalue weighted by molar-refractivity contribution is 5.91. The molecule has 1 aromatic heterocycles. The minimum absolute atomic E-state index is 0.0303. The van der Waals surface area contributed by atoms with Gasteiger partial charge in [-0.2, -0.15) is 0 Å². The minimum Gasteiger partial charge on any atom is -0.481 e. The third-order valence-corrected chi connectivity index (χ3v) is 3.74. The number of carbonyl (C=O) groups is 2. The molecule has 0 bridgehead atoms. The van der Waals surface area contributed by atoms with Crippen molar-refractivity contribution < 1.29 is 14.7 Å². The van der Waals surface area contributed by atoms with E-state index in [-0.39, 0.29) is 5.82 Å². The van der Waals surface area contributed by atoms with Crippen molar-refractivity contribution in [1.82, 2.24) is 20.5 Å². The van der Waals surface area contributed by atoms with Gasteiger partial charge in [0.05, 0.1) is 11.0 Å². The molecule has 7 nitrogen and oxygen atoms in total. The maximum atomic E-state index is 12.1. The van der Waals surface area contributed by atoms with Gasteiger partial charge >= 0.3 is 5.97 Å². The van der Waals surface area contributed by atoms with Crippen LogP contribution in [0.15, 0.2) is 0 Å². The summed E-state index contributed by atoms with van der Waals surface area (Å²) in [5, 5.41) is 18.5. The maximum Gasteiger partial charge on any atom is 0.311 e. The van der Waals surface area contributed by atoms with Crippen LogP contribution in [0.2, 0.25) is 0 Å². The van der Waals surface area contributed by atoms with Crippen molar-refractivity contribution in [1.29, 1.82) is 0 Å². The molecule has 0 atom stereocenters. The van der Waals surface area contributed by atoms with Crippen molar-refractivity contribution in [3.05, 3.63) is 11.6 Å². The SMILES string of the molecule is CCCc1nc(C(=O)NC(C)(C)C(C)(C)C(=O)O)n[nH]1. The Hall–Kier alpha value is -1.92. The number of aryl methyl sites for hydroxylation is 1. The lowest BCUT2D eigenvalue weighted by Gasteiger charge is -2.38. The number of amides is 1. The van der Waals surface area contributed by atoms with Crippen LogP contribution in [0.3, 0.4) is 0 Å². The molecule has 0 aliphatic rings. The number of rotatable bonds is 6. The van der Waals surface area contributed by atoms with E-state index in [1.165, 1.54) is 0 Å². The molecule has 20 heavy (non-hydrogen) atoms. The first-order valence-electron chi connectivity index (χ1n) is 6.59. The van der Waals surface area contributed by atoms with Gasteiger partial charge in [-0.05, 0) is 34.1 Å². The number of aliphatic carboxylic acids is 1. The molecule has 1 aromatic rings. The topological polar surface area (TPSA) is 108 Å². The first kappa shape index (κ1) is 16.1. The molecule has 1 rings (SSSR count). The number of hydrogen-bond acceptors (Lipinski definition) is 4. The molecule has 0 unspecified atom stereocenters. The van der Waals surface area contributed by atoms with Gasteiger partial charge < -0.3 is 10.4 Å². The van der Waals surface area contributed by atoms with Crippen LogP contribution >= 0.6 is 0 Å². The third-order valence-electron chi connectivity index (χ3n) is 3.74. The number of H-pyrrole nitrogens is 1. The molecular formula is C13H22N4O3. The predicted molar refractivity (Wildman–Crippen MR) is 73.3 cm³/mol. The van der Waals surface area contributed by atoms with E-state index in [1.54, 1.807) is 27.7 Å². The Bertz CT molecular complexity index is 505. The maximum absolute atomic E-state index is 12.1. The second-order valence-corrected chi connectivity index (χ2v) is 5.86. The van der Waals surface area contributed by atoms with Crippen molar-refractivity contribution in [2.24, 2.45) is 5.41 Å². The van der Waals surface area contributed by atoms with E-state index >= 15 is 0 Å². The summed E-state index contributed by atoms with van der Waals surface area (Å²) < 4.78 is 0. The number of nitrogens with one attached hydrogen (secondary N) is 2. The fourth-order valence-electron chi connectivity index (χ4n) is 1.51. The van der Waals surface area contributed by atoms with Crippen LogP contribution < -0.4 is 5.32 Å². The van der Waals surface area contributed by atoms with Crippen LogP contribution in [-0.2, 0) is 11.2 Å². The van der Waals surface area contributed by atoms with Gasteiger partial charge in [-0.3, -0.25) is 14.7 Å². The van der Waals surface area contributed by atoms with E-state index in [0.29, 0.717) is 12.2 Å². The molecule has 0 fully saturated rings. The Kier molecular flexibility index (Phi) is 4.52. The van der Waals surface area contributed by atoms with E-state index < -0.39 is 22.8 Å². The highest BCUT2D eigenvalue weighted by Crippen LogP contribution is 2.30. The van der Waals surface area contributed by atoms with Gasteiger partial charge in [-0.25, -0.2) is 4.98 Å². The summed E-state index contributed by atoms with van der Waals surface area (Å²) in [5.74, 6) is -0.789. The number of carboxylic acid groups (broad SMARTS) is 1. The monoisotopic (exact) mass is 282 g/mol. The van der Waals surface area contributed by atoms with Crippen molar-refractivity contribution >= 4 is 11.9 Å². The van der Waals surface area contributed by atoms with Crippen molar-refractivity contribution in [2.45, 2.75) is 53.0 Å². The van der Waals surface area contributed by atoms with Gasteiger partial charge in [-0.1, -0.05) is 6.92 Å². The molecular weight excluding hydrogens is 260 g/mol. The number of nitrogens with zero attached hydrogens (tertiary/aromatic N) is 2. The van der Waals surface area contributed by atoms with E-state index in [2.05, 4.69) is 20.5 Å². The zero-order chi connectivity index (χ0) is 15.6. The van der Waals surface area contributed by atoms with Crippen LogP contribution in [0, 0.1) is 5.41 Å². The summed E-state index contributed by atoms with van der Waals surface area (Å²) in [6, 6.07) is 0. The standard InChI is InChI=1S/C13H22N4O3/c1-6-7-8-14-9(17-16-8)10(18)15-13(4,5)12(2,3)11(19)20/h6-7H2,1-5H3,(H,15,18)(H,19,20)(H,14,16,17). The van der Waals surface area contributed by atoms with E-state index in [1.807, 2.05) is 6.92 Å². The summed E-state index contributed by atoms with van der Waals surface area (Å²) in [7, 11) is 0. The fourth-order valence-corrected chi connectivity index (χ4v) is 1.51. The van der Waals surface area contributed by atoms with Gasteiger partial charge in [0.2, 0.25) is 5.82 Å². The average Bonchev–Trinajstić information content (AvgIpc) is 2.77. The molecule has 112 valence electrons.